The number of hydrogen-bond donors (Lipinski definition) is 1. The Morgan fingerprint density at radius 3 is 2.27 bits per heavy atom. The van der Waals surface area contributed by atoms with Gasteiger partial charge >= 0.3 is 18.3 Å². The van der Waals surface area contributed by atoms with Gasteiger partial charge in [0.1, 0.15) is 28.9 Å². The number of nitrogens with one attached hydrogen (secondary N) is 1. The van der Waals surface area contributed by atoms with Gasteiger partial charge in [0.2, 0.25) is 11.8 Å². The molecule has 4 rings (SSSR count). The minimum Gasteiger partial charge on any atom is -0.478 e. The van der Waals surface area contributed by atoms with Gasteiger partial charge in [-0.3, -0.25) is 10.1 Å². The number of rotatable bonds is 12. The van der Waals surface area contributed by atoms with Gasteiger partial charge in [-0.15, -0.1) is 0 Å². The number of ether oxygens (including phenoxy) is 5. The minimum absolute atomic E-state index is 0.0558. The number of non-ortho nitro benzene ring substituents is 1. The van der Waals surface area contributed by atoms with E-state index in [1.54, 1.807) is 52.3 Å². The molecule has 1 aliphatic carbocycles. The molecular weight excluding hydrogens is 731 g/mol. The summed E-state index contributed by atoms with van der Waals surface area (Å²) < 4.78 is 44.6. The van der Waals surface area contributed by atoms with Crippen molar-refractivity contribution in [1.29, 1.82) is 0 Å². The summed E-state index contributed by atoms with van der Waals surface area (Å²) in [6.07, 6.45) is -0.160. The van der Waals surface area contributed by atoms with Crippen LogP contribution in [0.5, 0.6) is 11.6 Å². The van der Waals surface area contributed by atoms with Crippen LogP contribution in [0.4, 0.5) is 36.0 Å². The zero-order chi connectivity index (χ0) is 41.6. The molecule has 16 nitrogen and oxygen atoms in total. The quantitative estimate of drug-likeness (QED) is 0.0350. The molecule has 2 heterocycles. The third-order valence-electron chi connectivity index (χ3n) is 8.27. The molecule has 2 aromatic heterocycles. The van der Waals surface area contributed by atoms with E-state index in [1.807, 2.05) is 27.7 Å². The molecule has 3 aromatic rings. The molecule has 3 atom stereocenters. The van der Waals surface area contributed by atoms with Gasteiger partial charge in [0, 0.05) is 42.3 Å². The van der Waals surface area contributed by atoms with Crippen LogP contribution in [0.3, 0.4) is 0 Å². The lowest BCUT2D eigenvalue weighted by atomic mass is 10.0. The Balaban J connectivity index is 1.53. The fraction of sp³-hybridized carbons (Fsp3) is 0.564. The van der Waals surface area contributed by atoms with Gasteiger partial charge in [0.25, 0.3) is 5.69 Å². The first-order valence-electron chi connectivity index (χ1n) is 18.5. The van der Waals surface area contributed by atoms with E-state index in [0.29, 0.717) is 43.6 Å². The zero-order valence-electron chi connectivity index (χ0n) is 33.7. The Bertz CT molecular complexity index is 1860. The molecular formula is C39H53FN6O10. The third kappa shape index (κ3) is 12.8. The standard InChI is InChI=1S/C39H53FN6O10/c1-24(41-34(47)55-38(5,6)7)12-11-19-52-32-22-27(21-31(40)42-32)44(35(48)56-39(8,9)10)33-23-30(43-45(33)37(2,3)4)25-13-16-29(20-25)54-36(49)53-28-17-14-26(15-18-28)46(50)51/h14-15,17-18,21-25,29H,11-13,16,19-20H2,1-10H3,(H,41,47)/t24-,25-,29+/m0/s1. The normalized spacial score (nSPS) is 16.4. The molecule has 0 bridgehead atoms. The first kappa shape index (κ1) is 43.3. The van der Waals surface area contributed by atoms with Crippen LogP contribution in [0.2, 0.25) is 0 Å². The number of benzene rings is 1. The van der Waals surface area contributed by atoms with Gasteiger partial charge in [-0.25, -0.2) is 24.0 Å². The summed E-state index contributed by atoms with van der Waals surface area (Å²) in [5, 5.41) is 18.6. The van der Waals surface area contributed by atoms with Gasteiger partial charge in [-0.05, 0) is 113 Å². The second-order valence-electron chi connectivity index (χ2n) is 16.7. The molecule has 17 heteroatoms. The molecule has 0 saturated heterocycles. The lowest BCUT2D eigenvalue weighted by Crippen LogP contribution is -2.37. The highest BCUT2D eigenvalue weighted by atomic mass is 19.1. The Morgan fingerprint density at radius 1 is 1.00 bits per heavy atom. The van der Waals surface area contributed by atoms with Crippen LogP contribution in [0, 0.1) is 16.1 Å². The first-order chi connectivity index (χ1) is 26.0. The molecule has 56 heavy (non-hydrogen) atoms. The number of amides is 2. The molecule has 1 saturated carbocycles. The fourth-order valence-electron chi connectivity index (χ4n) is 5.90. The molecule has 0 unspecified atom stereocenters. The summed E-state index contributed by atoms with van der Waals surface area (Å²) in [6, 6.07) is 9.17. The van der Waals surface area contributed by atoms with E-state index in [1.165, 1.54) is 35.2 Å². The predicted molar refractivity (Wildman–Crippen MR) is 204 cm³/mol. The Kier molecular flexibility index (Phi) is 13.5. The largest absolute Gasteiger partial charge is 0.514 e. The van der Waals surface area contributed by atoms with E-state index >= 15 is 4.39 Å². The van der Waals surface area contributed by atoms with E-state index in [9.17, 15) is 24.5 Å². The van der Waals surface area contributed by atoms with Crippen molar-refractivity contribution in [2.24, 2.45) is 0 Å². The van der Waals surface area contributed by atoms with E-state index in [-0.39, 0.29) is 41.6 Å². The van der Waals surface area contributed by atoms with Crippen molar-refractivity contribution < 1.29 is 47.4 Å². The number of pyridine rings is 1. The summed E-state index contributed by atoms with van der Waals surface area (Å²) in [7, 11) is 0. The molecule has 0 spiro atoms. The van der Waals surface area contributed by atoms with Crippen molar-refractivity contribution >= 4 is 35.5 Å². The minimum atomic E-state index is -0.939. The SMILES string of the molecule is C[C@@H](CCCOc1cc(N(C(=O)OC(C)(C)C)c2cc([C@H]3CC[C@@H](OC(=O)Oc4ccc([N+](=O)[O-])cc4)C3)nn2C(C)(C)C)cc(F)n1)NC(=O)OC(C)(C)C. The van der Waals surface area contributed by atoms with Crippen molar-refractivity contribution in [3.8, 4) is 11.6 Å². The van der Waals surface area contributed by atoms with Gasteiger partial charge in [-0.2, -0.15) is 14.5 Å². The second kappa shape index (κ2) is 17.5. The summed E-state index contributed by atoms with van der Waals surface area (Å²) >= 11 is 0. The van der Waals surface area contributed by atoms with Gasteiger partial charge in [0.05, 0.1) is 28.5 Å². The van der Waals surface area contributed by atoms with Crippen molar-refractivity contribution in [3.05, 3.63) is 64.2 Å². The monoisotopic (exact) mass is 784 g/mol. The molecule has 306 valence electrons. The molecule has 1 aromatic carbocycles. The van der Waals surface area contributed by atoms with Gasteiger partial charge < -0.3 is 29.0 Å². The Labute approximate surface area is 326 Å². The fourth-order valence-corrected chi connectivity index (χ4v) is 5.90. The summed E-state index contributed by atoms with van der Waals surface area (Å²) in [5.74, 6) is -0.698. The molecule has 0 radical (unpaired) electrons. The number of anilines is 2. The number of carbonyl (C=O) groups excluding carboxylic acids is 3. The second-order valence-corrected chi connectivity index (χ2v) is 16.7. The lowest BCUT2D eigenvalue weighted by molar-refractivity contribution is -0.384. The van der Waals surface area contributed by atoms with Crippen molar-refractivity contribution in [3.63, 3.8) is 0 Å². The van der Waals surface area contributed by atoms with Crippen LogP contribution in [-0.2, 0) is 19.7 Å². The highest BCUT2D eigenvalue weighted by Gasteiger charge is 2.36. The van der Waals surface area contributed by atoms with Crippen LogP contribution >= 0.6 is 0 Å². The Hall–Kier alpha value is -5.48. The maximum atomic E-state index is 15.2. The van der Waals surface area contributed by atoms with Crippen molar-refractivity contribution in [1.82, 2.24) is 20.1 Å². The molecule has 2 amide bonds. The maximum absolute atomic E-state index is 15.2. The number of hydrogen-bond acceptors (Lipinski definition) is 12. The maximum Gasteiger partial charge on any atom is 0.514 e. The van der Waals surface area contributed by atoms with Crippen LogP contribution in [0.25, 0.3) is 0 Å². The number of nitrogens with zero attached hydrogens (tertiary/aromatic N) is 5. The number of alkyl carbamates (subject to hydrolysis) is 1. The summed E-state index contributed by atoms with van der Waals surface area (Å²) in [4.78, 5) is 54.2. The van der Waals surface area contributed by atoms with E-state index < -0.39 is 52.1 Å². The third-order valence-corrected chi connectivity index (χ3v) is 8.27. The van der Waals surface area contributed by atoms with E-state index in [2.05, 4.69) is 10.3 Å². The van der Waals surface area contributed by atoms with E-state index in [0.717, 1.165) is 6.07 Å². The zero-order valence-corrected chi connectivity index (χ0v) is 33.7. The predicted octanol–water partition coefficient (Wildman–Crippen LogP) is 9.08. The smallest absolute Gasteiger partial charge is 0.478 e. The number of halogens is 1. The number of carbonyl (C=O) groups is 3. The first-order valence-corrected chi connectivity index (χ1v) is 18.5. The van der Waals surface area contributed by atoms with Crippen molar-refractivity contribution in [2.45, 2.75) is 136 Å². The van der Waals surface area contributed by atoms with Gasteiger partial charge in [0.15, 0.2) is 0 Å². The summed E-state index contributed by atoms with van der Waals surface area (Å²) in [5.41, 5.74) is -1.61. The molecule has 1 aliphatic rings. The number of nitro groups is 1. The average Bonchev–Trinajstić information content (AvgIpc) is 3.69. The van der Waals surface area contributed by atoms with Gasteiger partial charge in [-0.1, -0.05) is 0 Å². The van der Waals surface area contributed by atoms with E-state index in [4.69, 9.17) is 28.8 Å². The molecule has 1 N–H and O–H groups in total. The number of nitro benzene ring substituents is 1. The van der Waals surface area contributed by atoms with Crippen LogP contribution < -0.4 is 19.7 Å². The summed E-state index contributed by atoms with van der Waals surface area (Å²) in [6.45, 7) is 18.2. The lowest BCUT2D eigenvalue weighted by Gasteiger charge is -2.30. The topological polar surface area (TPSA) is 186 Å². The van der Waals surface area contributed by atoms with Crippen molar-refractivity contribution in [2.75, 3.05) is 11.5 Å². The van der Waals surface area contributed by atoms with Crippen LogP contribution in [0.15, 0.2) is 42.5 Å². The Morgan fingerprint density at radius 2 is 1.66 bits per heavy atom. The number of aromatic nitrogens is 3. The highest BCUT2D eigenvalue weighted by molar-refractivity contribution is 5.95. The van der Waals surface area contributed by atoms with Crippen LogP contribution in [0.1, 0.15) is 113 Å². The van der Waals surface area contributed by atoms with Crippen LogP contribution in [-0.4, -0.2) is 68.0 Å². The highest BCUT2D eigenvalue weighted by Crippen LogP contribution is 2.40. The molecule has 0 aliphatic heterocycles. The molecule has 1 fully saturated rings. The average molecular weight is 785 g/mol.